The van der Waals surface area contributed by atoms with Gasteiger partial charge >= 0.3 is 0 Å². The Morgan fingerprint density at radius 2 is 1.81 bits per heavy atom. The van der Waals surface area contributed by atoms with E-state index in [1.807, 2.05) is 7.05 Å². The highest BCUT2D eigenvalue weighted by Gasteiger charge is 2.34. The molecule has 1 aromatic rings. The lowest BCUT2D eigenvalue weighted by molar-refractivity contribution is 0.0342. The van der Waals surface area contributed by atoms with Gasteiger partial charge in [-0.25, -0.2) is 0 Å². The Bertz CT molecular complexity index is 569. The SMILES string of the molecule is CCC1(CNC(=NC)NCc2ccc(CN3CCOCC3)cc2)CCC1. The van der Waals surface area contributed by atoms with E-state index >= 15 is 0 Å². The van der Waals surface area contributed by atoms with Crippen molar-refractivity contribution < 1.29 is 4.74 Å². The van der Waals surface area contributed by atoms with Gasteiger partial charge in [0.25, 0.3) is 0 Å². The van der Waals surface area contributed by atoms with Gasteiger partial charge in [-0.15, -0.1) is 0 Å². The van der Waals surface area contributed by atoms with Gasteiger partial charge in [-0.05, 0) is 35.8 Å². The van der Waals surface area contributed by atoms with Crippen LogP contribution in [-0.4, -0.2) is 50.8 Å². The monoisotopic (exact) mass is 358 g/mol. The van der Waals surface area contributed by atoms with Crippen molar-refractivity contribution in [2.45, 2.75) is 45.7 Å². The van der Waals surface area contributed by atoms with Gasteiger partial charge in [0.1, 0.15) is 0 Å². The molecule has 3 rings (SSSR count). The van der Waals surface area contributed by atoms with Crippen LogP contribution in [0.3, 0.4) is 0 Å². The Labute approximate surface area is 158 Å². The van der Waals surface area contributed by atoms with Crippen molar-refractivity contribution in [3.63, 3.8) is 0 Å². The van der Waals surface area contributed by atoms with Gasteiger partial charge in [0.15, 0.2) is 5.96 Å². The van der Waals surface area contributed by atoms with E-state index in [4.69, 9.17) is 4.74 Å². The minimum Gasteiger partial charge on any atom is -0.379 e. The molecule has 1 heterocycles. The molecule has 0 atom stereocenters. The standard InChI is InChI=1S/C21H34N4O/c1-3-21(9-4-10-21)17-24-20(22-2)23-15-18-5-7-19(8-6-18)16-25-11-13-26-14-12-25/h5-8H,3-4,9-17H2,1-2H3,(H2,22,23,24). The molecule has 0 spiro atoms. The lowest BCUT2D eigenvalue weighted by Gasteiger charge is -2.41. The smallest absolute Gasteiger partial charge is 0.191 e. The lowest BCUT2D eigenvalue weighted by atomic mass is 9.67. The lowest BCUT2D eigenvalue weighted by Crippen LogP contribution is -2.46. The third kappa shape index (κ3) is 5.21. The van der Waals surface area contributed by atoms with Crippen LogP contribution in [-0.2, 0) is 17.8 Å². The number of morpholine rings is 1. The number of aliphatic imine (C=N–C) groups is 1. The summed E-state index contributed by atoms with van der Waals surface area (Å²) in [5.41, 5.74) is 3.15. The second kappa shape index (κ2) is 9.38. The first kappa shape index (κ1) is 19.2. The van der Waals surface area contributed by atoms with E-state index in [9.17, 15) is 0 Å². The molecule has 0 amide bonds. The maximum absolute atomic E-state index is 5.41. The molecular weight excluding hydrogens is 324 g/mol. The zero-order valence-corrected chi connectivity index (χ0v) is 16.4. The molecule has 5 nitrogen and oxygen atoms in total. The summed E-state index contributed by atoms with van der Waals surface area (Å²) in [6.07, 6.45) is 5.32. The first-order chi connectivity index (χ1) is 12.7. The average molecular weight is 359 g/mol. The highest BCUT2D eigenvalue weighted by Crippen LogP contribution is 2.42. The van der Waals surface area contributed by atoms with Gasteiger partial charge in [-0.2, -0.15) is 0 Å². The Morgan fingerprint density at radius 3 is 2.38 bits per heavy atom. The third-order valence-electron chi connectivity index (χ3n) is 6.01. The molecule has 1 aromatic carbocycles. The first-order valence-electron chi connectivity index (χ1n) is 10.1. The van der Waals surface area contributed by atoms with Crippen molar-refractivity contribution in [1.29, 1.82) is 0 Å². The van der Waals surface area contributed by atoms with Crippen molar-refractivity contribution in [2.75, 3.05) is 39.9 Å². The second-order valence-electron chi connectivity index (χ2n) is 7.69. The number of ether oxygens (including phenoxy) is 1. The van der Waals surface area contributed by atoms with Crippen LogP contribution in [0, 0.1) is 5.41 Å². The Kier molecular flexibility index (Phi) is 6.92. The summed E-state index contributed by atoms with van der Waals surface area (Å²) in [5.74, 6) is 0.905. The van der Waals surface area contributed by atoms with Crippen molar-refractivity contribution >= 4 is 5.96 Å². The molecular formula is C21H34N4O. The predicted molar refractivity (Wildman–Crippen MR) is 107 cm³/mol. The molecule has 0 aromatic heterocycles. The molecule has 1 saturated heterocycles. The molecule has 0 unspecified atom stereocenters. The van der Waals surface area contributed by atoms with Gasteiger partial charge in [-0.3, -0.25) is 9.89 Å². The minimum atomic E-state index is 0.499. The fourth-order valence-electron chi connectivity index (χ4n) is 3.79. The Balaban J connectivity index is 1.42. The summed E-state index contributed by atoms with van der Waals surface area (Å²) < 4.78 is 5.41. The summed E-state index contributed by atoms with van der Waals surface area (Å²) >= 11 is 0. The summed E-state index contributed by atoms with van der Waals surface area (Å²) in [4.78, 5) is 6.82. The van der Waals surface area contributed by atoms with Gasteiger partial charge in [0, 0.05) is 39.8 Å². The molecule has 1 saturated carbocycles. The summed E-state index contributed by atoms with van der Waals surface area (Å²) in [6.45, 7) is 8.92. The van der Waals surface area contributed by atoms with Crippen molar-refractivity contribution in [3.05, 3.63) is 35.4 Å². The predicted octanol–water partition coefficient (Wildman–Crippen LogP) is 2.76. The molecule has 2 N–H and O–H groups in total. The number of benzene rings is 1. The number of nitrogens with one attached hydrogen (secondary N) is 2. The largest absolute Gasteiger partial charge is 0.379 e. The molecule has 5 heteroatoms. The van der Waals surface area contributed by atoms with Gasteiger partial charge in [-0.1, -0.05) is 37.6 Å². The van der Waals surface area contributed by atoms with E-state index in [0.717, 1.165) is 51.9 Å². The van der Waals surface area contributed by atoms with Crippen molar-refractivity contribution in [1.82, 2.24) is 15.5 Å². The first-order valence-corrected chi connectivity index (χ1v) is 10.1. The molecule has 144 valence electrons. The molecule has 1 aliphatic carbocycles. The Morgan fingerprint density at radius 1 is 1.12 bits per heavy atom. The number of hydrogen-bond acceptors (Lipinski definition) is 3. The highest BCUT2D eigenvalue weighted by atomic mass is 16.5. The molecule has 2 fully saturated rings. The highest BCUT2D eigenvalue weighted by molar-refractivity contribution is 5.79. The number of nitrogens with zero attached hydrogens (tertiary/aromatic N) is 2. The average Bonchev–Trinajstić information content (AvgIpc) is 2.65. The van der Waals surface area contributed by atoms with Crippen LogP contribution in [0.1, 0.15) is 43.7 Å². The Hall–Kier alpha value is -1.59. The molecule has 0 bridgehead atoms. The van der Waals surface area contributed by atoms with Crippen molar-refractivity contribution in [2.24, 2.45) is 10.4 Å². The van der Waals surface area contributed by atoms with E-state index in [2.05, 4.69) is 51.7 Å². The maximum Gasteiger partial charge on any atom is 0.191 e. The fourth-order valence-corrected chi connectivity index (χ4v) is 3.79. The zero-order chi connectivity index (χ0) is 18.2. The van der Waals surface area contributed by atoms with E-state index in [1.54, 1.807) is 0 Å². The van der Waals surface area contributed by atoms with Crippen LogP contribution in [0.25, 0.3) is 0 Å². The van der Waals surface area contributed by atoms with Crippen LogP contribution >= 0.6 is 0 Å². The van der Waals surface area contributed by atoms with Gasteiger partial charge in [0.05, 0.1) is 13.2 Å². The van der Waals surface area contributed by atoms with E-state index < -0.39 is 0 Å². The van der Waals surface area contributed by atoms with Crippen LogP contribution in [0.15, 0.2) is 29.3 Å². The van der Waals surface area contributed by atoms with E-state index in [0.29, 0.717) is 5.41 Å². The quantitative estimate of drug-likeness (QED) is 0.581. The zero-order valence-electron chi connectivity index (χ0n) is 16.4. The summed E-state index contributed by atoms with van der Waals surface area (Å²) in [6, 6.07) is 8.91. The number of hydrogen-bond donors (Lipinski definition) is 2. The van der Waals surface area contributed by atoms with Crippen molar-refractivity contribution in [3.8, 4) is 0 Å². The summed E-state index contributed by atoms with van der Waals surface area (Å²) in [5, 5.41) is 6.96. The van der Waals surface area contributed by atoms with Crippen LogP contribution < -0.4 is 10.6 Å². The minimum absolute atomic E-state index is 0.499. The van der Waals surface area contributed by atoms with Crippen LogP contribution in [0.4, 0.5) is 0 Å². The fraction of sp³-hybridized carbons (Fsp3) is 0.667. The molecule has 0 radical (unpaired) electrons. The normalized spacial score (nSPS) is 20.5. The molecule has 1 aliphatic heterocycles. The van der Waals surface area contributed by atoms with Gasteiger partial charge in [0.2, 0.25) is 0 Å². The van der Waals surface area contributed by atoms with Gasteiger partial charge < -0.3 is 15.4 Å². The topological polar surface area (TPSA) is 48.9 Å². The van der Waals surface area contributed by atoms with Crippen LogP contribution in [0.2, 0.25) is 0 Å². The molecule has 26 heavy (non-hydrogen) atoms. The van der Waals surface area contributed by atoms with E-state index in [1.165, 1.54) is 36.8 Å². The maximum atomic E-state index is 5.41. The number of rotatable bonds is 7. The number of guanidine groups is 1. The third-order valence-corrected chi connectivity index (χ3v) is 6.01. The second-order valence-corrected chi connectivity index (χ2v) is 7.69. The van der Waals surface area contributed by atoms with Crippen LogP contribution in [0.5, 0.6) is 0 Å². The van der Waals surface area contributed by atoms with E-state index in [-0.39, 0.29) is 0 Å². The summed E-state index contributed by atoms with van der Waals surface area (Å²) in [7, 11) is 1.85. The molecule has 2 aliphatic rings.